The van der Waals surface area contributed by atoms with Gasteiger partial charge in [-0.2, -0.15) is 4.98 Å². The van der Waals surface area contributed by atoms with Crippen molar-refractivity contribution < 1.29 is 14.9 Å². The molecule has 1 fully saturated rings. The smallest absolute Gasteiger partial charge is 0.280 e. The Morgan fingerprint density at radius 2 is 2.21 bits per heavy atom. The summed E-state index contributed by atoms with van der Waals surface area (Å²) in [6.07, 6.45) is -2.21. The fourth-order valence-electron chi connectivity index (χ4n) is 2.19. The molecule has 0 amide bonds. The number of H-pyrrole nitrogens is 1. The zero-order valence-electron chi connectivity index (χ0n) is 10.0. The van der Waals surface area contributed by atoms with Gasteiger partial charge in [-0.3, -0.25) is 14.3 Å². The molecule has 19 heavy (non-hydrogen) atoms. The van der Waals surface area contributed by atoms with Crippen molar-refractivity contribution in [2.24, 2.45) is 0 Å². The number of nitrogens with two attached hydrogens (primary N) is 1. The van der Waals surface area contributed by atoms with Gasteiger partial charge in [0.25, 0.3) is 5.56 Å². The van der Waals surface area contributed by atoms with Gasteiger partial charge < -0.3 is 20.7 Å². The van der Waals surface area contributed by atoms with E-state index >= 15 is 0 Å². The van der Waals surface area contributed by atoms with Crippen LogP contribution >= 0.6 is 0 Å². The fraction of sp³-hybridized carbons (Fsp3) is 0.500. The number of hydrogen-bond donors (Lipinski definition) is 4. The number of aliphatic hydroxyl groups is 2. The lowest BCUT2D eigenvalue weighted by Gasteiger charge is -2.16. The zero-order valence-corrected chi connectivity index (χ0v) is 10.0. The van der Waals surface area contributed by atoms with E-state index in [4.69, 9.17) is 10.5 Å². The van der Waals surface area contributed by atoms with Crippen molar-refractivity contribution in [2.75, 3.05) is 5.73 Å². The molecule has 1 saturated heterocycles. The maximum absolute atomic E-state index is 11.6. The van der Waals surface area contributed by atoms with Gasteiger partial charge in [0.2, 0.25) is 5.95 Å². The lowest BCUT2D eigenvalue weighted by molar-refractivity contribution is -0.0299. The molecule has 0 radical (unpaired) electrons. The molecule has 3 rings (SSSR count). The molecule has 2 aromatic rings. The SMILES string of the molecule is C[C@H]1O[C@@H](n2cnc3c(=O)[nH]c(N)nc32)[C@@H](O)C1O. The second kappa shape index (κ2) is 4.02. The summed E-state index contributed by atoms with van der Waals surface area (Å²) in [5.74, 6) is -0.0552. The highest BCUT2D eigenvalue weighted by Gasteiger charge is 2.42. The van der Waals surface area contributed by atoms with E-state index in [9.17, 15) is 15.0 Å². The summed E-state index contributed by atoms with van der Waals surface area (Å²) in [5, 5.41) is 19.6. The van der Waals surface area contributed by atoms with E-state index < -0.39 is 30.1 Å². The minimum absolute atomic E-state index is 0.0552. The number of nitrogens with zero attached hydrogens (tertiary/aromatic N) is 3. The molecule has 1 unspecified atom stereocenters. The second-order valence-electron chi connectivity index (χ2n) is 4.49. The summed E-state index contributed by atoms with van der Waals surface area (Å²) in [5.41, 5.74) is 5.31. The third-order valence-electron chi connectivity index (χ3n) is 3.20. The van der Waals surface area contributed by atoms with Crippen LogP contribution in [0.2, 0.25) is 0 Å². The molecule has 4 atom stereocenters. The number of fused-ring (bicyclic) bond motifs is 1. The van der Waals surface area contributed by atoms with E-state index in [0.29, 0.717) is 0 Å². The molecule has 0 aliphatic carbocycles. The predicted octanol–water partition coefficient (Wildman–Crippen LogP) is -1.66. The zero-order chi connectivity index (χ0) is 13.7. The van der Waals surface area contributed by atoms with Crippen LogP contribution in [0.3, 0.4) is 0 Å². The van der Waals surface area contributed by atoms with Crippen molar-refractivity contribution in [3.8, 4) is 0 Å². The van der Waals surface area contributed by atoms with E-state index in [1.165, 1.54) is 10.9 Å². The normalized spacial score (nSPS) is 31.1. The largest absolute Gasteiger partial charge is 0.388 e. The van der Waals surface area contributed by atoms with Gasteiger partial charge in [-0.15, -0.1) is 0 Å². The second-order valence-corrected chi connectivity index (χ2v) is 4.49. The lowest BCUT2D eigenvalue weighted by Crippen LogP contribution is -2.30. The van der Waals surface area contributed by atoms with Gasteiger partial charge in [-0.1, -0.05) is 0 Å². The summed E-state index contributed by atoms with van der Waals surface area (Å²) in [6.45, 7) is 1.64. The molecule has 9 nitrogen and oxygen atoms in total. The average Bonchev–Trinajstić information content (AvgIpc) is 2.86. The number of aromatic nitrogens is 4. The molecule has 1 aliphatic heterocycles. The molecule has 1 aliphatic rings. The van der Waals surface area contributed by atoms with Gasteiger partial charge in [0.05, 0.1) is 12.4 Å². The van der Waals surface area contributed by atoms with E-state index in [1.807, 2.05) is 0 Å². The molecule has 0 spiro atoms. The summed E-state index contributed by atoms with van der Waals surface area (Å²) in [6, 6.07) is 0. The van der Waals surface area contributed by atoms with Crippen molar-refractivity contribution in [1.29, 1.82) is 0 Å². The highest BCUT2D eigenvalue weighted by Crippen LogP contribution is 2.30. The standard InChI is InChI=1S/C10H13N5O4/c1-3-5(16)6(17)9(19-3)15-2-12-4-7(15)13-10(11)14-8(4)18/h2-3,5-6,9,16-17H,1H3,(H3,11,13,14,18)/t3-,5?,6+,9-/m1/s1. The number of aliphatic hydroxyl groups excluding tert-OH is 2. The summed E-state index contributed by atoms with van der Waals surface area (Å²) in [4.78, 5) is 21.9. The average molecular weight is 267 g/mol. The highest BCUT2D eigenvalue weighted by molar-refractivity contribution is 5.70. The number of ether oxygens (including phenoxy) is 1. The third kappa shape index (κ3) is 1.70. The van der Waals surface area contributed by atoms with Crippen LogP contribution in [-0.2, 0) is 4.74 Å². The topological polar surface area (TPSA) is 139 Å². The number of imidazole rings is 1. The van der Waals surface area contributed by atoms with Gasteiger partial charge in [-0.25, -0.2) is 4.98 Å². The molecule has 102 valence electrons. The van der Waals surface area contributed by atoms with E-state index in [0.717, 1.165) is 0 Å². The molecule has 5 N–H and O–H groups in total. The molecule has 3 heterocycles. The molecular weight excluding hydrogens is 254 g/mol. The van der Waals surface area contributed by atoms with Crippen molar-refractivity contribution in [2.45, 2.75) is 31.5 Å². The van der Waals surface area contributed by atoms with E-state index in [1.54, 1.807) is 6.92 Å². The summed E-state index contributed by atoms with van der Waals surface area (Å²) < 4.78 is 6.84. The van der Waals surface area contributed by atoms with E-state index in [2.05, 4.69) is 15.0 Å². The van der Waals surface area contributed by atoms with Gasteiger partial charge in [0.1, 0.15) is 12.2 Å². The Morgan fingerprint density at radius 1 is 1.47 bits per heavy atom. The third-order valence-corrected chi connectivity index (χ3v) is 3.20. The van der Waals surface area contributed by atoms with Gasteiger partial charge in [0, 0.05) is 0 Å². The molecule has 2 aromatic heterocycles. The van der Waals surface area contributed by atoms with Gasteiger partial charge in [0.15, 0.2) is 17.4 Å². The van der Waals surface area contributed by atoms with Crippen LogP contribution in [0, 0.1) is 0 Å². The highest BCUT2D eigenvalue weighted by atomic mass is 16.6. The lowest BCUT2D eigenvalue weighted by atomic mass is 10.1. The molecule has 0 aromatic carbocycles. The fourth-order valence-corrected chi connectivity index (χ4v) is 2.19. The Balaban J connectivity index is 2.14. The van der Waals surface area contributed by atoms with Crippen LogP contribution < -0.4 is 11.3 Å². The predicted molar refractivity (Wildman–Crippen MR) is 64.2 cm³/mol. The van der Waals surface area contributed by atoms with Crippen molar-refractivity contribution in [1.82, 2.24) is 19.5 Å². The first-order valence-electron chi connectivity index (χ1n) is 5.73. The molecule has 0 bridgehead atoms. The molecular formula is C10H13N5O4. The summed E-state index contributed by atoms with van der Waals surface area (Å²) >= 11 is 0. The Morgan fingerprint density at radius 3 is 2.84 bits per heavy atom. The van der Waals surface area contributed by atoms with Crippen molar-refractivity contribution in [3.05, 3.63) is 16.7 Å². The quantitative estimate of drug-likeness (QED) is 0.485. The number of rotatable bonds is 1. The minimum atomic E-state index is -1.13. The van der Waals surface area contributed by atoms with E-state index in [-0.39, 0.29) is 17.1 Å². The van der Waals surface area contributed by atoms with Crippen molar-refractivity contribution in [3.63, 3.8) is 0 Å². The molecule has 0 saturated carbocycles. The monoisotopic (exact) mass is 267 g/mol. The van der Waals surface area contributed by atoms with Crippen LogP contribution in [0.5, 0.6) is 0 Å². The van der Waals surface area contributed by atoms with Crippen LogP contribution in [0.1, 0.15) is 13.2 Å². The minimum Gasteiger partial charge on any atom is -0.388 e. The van der Waals surface area contributed by atoms with Crippen molar-refractivity contribution >= 4 is 17.1 Å². The maximum atomic E-state index is 11.6. The number of nitrogen functional groups attached to an aromatic ring is 1. The van der Waals surface area contributed by atoms with Crippen LogP contribution in [0.4, 0.5) is 5.95 Å². The van der Waals surface area contributed by atoms with Crippen LogP contribution in [0.25, 0.3) is 11.2 Å². The Labute approximate surface area is 106 Å². The number of nitrogens with one attached hydrogen (secondary N) is 1. The Bertz CT molecular complexity index is 680. The first-order valence-corrected chi connectivity index (χ1v) is 5.73. The molecule has 9 heteroatoms. The van der Waals surface area contributed by atoms with Gasteiger partial charge >= 0.3 is 0 Å². The summed E-state index contributed by atoms with van der Waals surface area (Å²) in [7, 11) is 0. The Hall–Kier alpha value is -1.97. The number of aromatic amines is 1. The van der Waals surface area contributed by atoms with Gasteiger partial charge in [-0.05, 0) is 6.92 Å². The first kappa shape index (κ1) is 12.1. The van der Waals surface area contributed by atoms with Crippen LogP contribution in [-0.4, -0.2) is 48.0 Å². The first-order chi connectivity index (χ1) is 8.99. The van der Waals surface area contributed by atoms with Crippen LogP contribution in [0.15, 0.2) is 11.1 Å². The maximum Gasteiger partial charge on any atom is 0.280 e. The number of hydrogen-bond acceptors (Lipinski definition) is 7. The number of anilines is 1. The Kier molecular flexibility index (Phi) is 2.55.